The number of carbonyl (C=O) groups is 1. The largest absolute Gasteiger partial charge is 0.467 e. The monoisotopic (exact) mass is 199 g/mol. The van der Waals surface area contributed by atoms with Gasteiger partial charge in [0.1, 0.15) is 6.61 Å². The van der Waals surface area contributed by atoms with Crippen molar-refractivity contribution < 1.29 is 14.3 Å². The Morgan fingerprint density at radius 1 is 1.36 bits per heavy atom. The minimum atomic E-state index is -0.278. The maximum absolute atomic E-state index is 10.9. The molecule has 2 rings (SSSR count). The summed E-state index contributed by atoms with van der Waals surface area (Å²) in [4.78, 5) is 10.9. The van der Waals surface area contributed by atoms with Crippen LogP contribution in [0.1, 0.15) is 12.8 Å². The van der Waals surface area contributed by atoms with Crippen LogP contribution in [-0.4, -0.2) is 38.9 Å². The van der Waals surface area contributed by atoms with Crippen LogP contribution in [-0.2, 0) is 14.3 Å². The minimum absolute atomic E-state index is 0.105. The van der Waals surface area contributed by atoms with Gasteiger partial charge in [-0.15, -0.1) is 0 Å². The molecule has 0 radical (unpaired) electrons. The maximum atomic E-state index is 10.9. The Morgan fingerprint density at radius 3 is 2.57 bits per heavy atom. The second-order valence-electron chi connectivity index (χ2n) is 4.16. The van der Waals surface area contributed by atoms with Gasteiger partial charge in [0.05, 0.1) is 13.2 Å². The van der Waals surface area contributed by atoms with Gasteiger partial charge in [0.15, 0.2) is 0 Å². The Bertz CT molecular complexity index is 207. The third-order valence-electron chi connectivity index (χ3n) is 3.28. The van der Waals surface area contributed by atoms with Crippen molar-refractivity contribution >= 4 is 5.97 Å². The second-order valence-corrected chi connectivity index (χ2v) is 4.16. The average Bonchev–Trinajstić information content (AvgIpc) is 2.73. The van der Waals surface area contributed by atoms with Gasteiger partial charge in [-0.2, -0.15) is 0 Å². The van der Waals surface area contributed by atoms with Crippen LogP contribution in [0.15, 0.2) is 0 Å². The number of nitrogens with one attached hydrogen (secondary N) is 1. The highest BCUT2D eigenvalue weighted by atomic mass is 16.6. The topological polar surface area (TPSA) is 47.6 Å². The van der Waals surface area contributed by atoms with Crippen LogP contribution >= 0.6 is 0 Å². The smallest absolute Gasteiger partial charge is 0.331 e. The molecule has 1 heterocycles. The lowest BCUT2D eigenvalue weighted by atomic mass is 10.0. The molecule has 1 N–H and O–H groups in total. The van der Waals surface area contributed by atoms with Crippen molar-refractivity contribution in [3.8, 4) is 0 Å². The van der Waals surface area contributed by atoms with Crippen molar-refractivity contribution in [3.05, 3.63) is 0 Å². The van der Waals surface area contributed by atoms with Gasteiger partial charge in [0, 0.05) is 0 Å². The van der Waals surface area contributed by atoms with Crippen LogP contribution in [0.5, 0.6) is 0 Å². The lowest BCUT2D eigenvalue weighted by Crippen LogP contribution is -2.20. The van der Waals surface area contributed by atoms with E-state index in [4.69, 9.17) is 4.74 Å². The van der Waals surface area contributed by atoms with Gasteiger partial charge in [-0.1, -0.05) is 0 Å². The fourth-order valence-electron chi connectivity index (χ4n) is 2.49. The second kappa shape index (κ2) is 4.28. The number of hydrogen-bond donors (Lipinski definition) is 1. The first-order chi connectivity index (χ1) is 6.79. The molecule has 2 atom stereocenters. The summed E-state index contributed by atoms with van der Waals surface area (Å²) in [6, 6.07) is 0. The molecule has 80 valence electrons. The first kappa shape index (κ1) is 9.93. The summed E-state index contributed by atoms with van der Waals surface area (Å²) >= 11 is 0. The molecule has 1 saturated heterocycles. The Hall–Kier alpha value is -0.610. The molecule has 0 amide bonds. The number of rotatable bonds is 3. The molecule has 0 bridgehead atoms. The van der Waals surface area contributed by atoms with Crippen LogP contribution in [0.25, 0.3) is 0 Å². The molecule has 14 heavy (non-hydrogen) atoms. The molecule has 0 spiro atoms. The van der Waals surface area contributed by atoms with Crippen LogP contribution in [0.3, 0.4) is 0 Å². The lowest BCUT2D eigenvalue weighted by Gasteiger charge is -2.11. The van der Waals surface area contributed by atoms with Crippen LogP contribution in [0.2, 0.25) is 0 Å². The molecule has 2 aliphatic rings. The predicted octanol–water partition coefficient (Wildman–Crippen LogP) is 0.174. The summed E-state index contributed by atoms with van der Waals surface area (Å²) in [5.41, 5.74) is 0. The van der Waals surface area contributed by atoms with Crippen LogP contribution in [0.4, 0.5) is 0 Å². The standard InChI is InChI=1S/C10H17NO3/c1-13-10(12)6-14-9-2-7-4-11-5-8(7)3-9/h7-9,11H,2-6H2,1H3. The minimum Gasteiger partial charge on any atom is -0.467 e. The highest BCUT2D eigenvalue weighted by molar-refractivity contribution is 5.70. The van der Waals surface area contributed by atoms with Crippen molar-refractivity contribution in [2.24, 2.45) is 11.8 Å². The van der Waals surface area contributed by atoms with Gasteiger partial charge in [-0.3, -0.25) is 0 Å². The van der Waals surface area contributed by atoms with E-state index in [0.717, 1.165) is 37.8 Å². The van der Waals surface area contributed by atoms with Crippen molar-refractivity contribution in [3.63, 3.8) is 0 Å². The molecule has 0 aromatic heterocycles. The summed E-state index contributed by atoms with van der Waals surface area (Å²) in [5, 5.41) is 3.37. The Labute approximate surface area is 84.0 Å². The number of esters is 1. The zero-order valence-corrected chi connectivity index (χ0v) is 8.49. The molecule has 2 fully saturated rings. The third-order valence-corrected chi connectivity index (χ3v) is 3.28. The molecule has 0 aromatic carbocycles. The molecule has 4 heteroatoms. The van der Waals surface area contributed by atoms with Crippen molar-refractivity contribution in [1.29, 1.82) is 0 Å². The summed E-state index contributed by atoms with van der Waals surface area (Å²) in [6.45, 7) is 2.33. The predicted molar refractivity (Wildman–Crippen MR) is 50.8 cm³/mol. The van der Waals surface area contributed by atoms with E-state index in [2.05, 4.69) is 10.1 Å². The highest BCUT2D eigenvalue weighted by Gasteiger charge is 2.37. The molecule has 1 saturated carbocycles. The molecular formula is C10H17NO3. The number of ether oxygens (including phenoxy) is 2. The van der Waals surface area contributed by atoms with E-state index in [1.165, 1.54) is 7.11 Å². The molecular weight excluding hydrogens is 182 g/mol. The first-order valence-electron chi connectivity index (χ1n) is 5.18. The molecule has 1 aliphatic carbocycles. The number of fused-ring (bicyclic) bond motifs is 1. The summed E-state index contributed by atoms with van der Waals surface area (Å²) in [7, 11) is 1.39. The SMILES string of the molecule is COC(=O)COC1CC2CNCC2C1. The molecule has 0 aromatic rings. The van der Waals surface area contributed by atoms with E-state index < -0.39 is 0 Å². The van der Waals surface area contributed by atoms with E-state index in [9.17, 15) is 4.79 Å². The molecule has 2 unspecified atom stereocenters. The van der Waals surface area contributed by atoms with Crippen molar-refractivity contribution in [1.82, 2.24) is 5.32 Å². The summed E-state index contributed by atoms with van der Waals surface area (Å²) in [6.07, 6.45) is 2.45. The van der Waals surface area contributed by atoms with Crippen molar-refractivity contribution in [2.45, 2.75) is 18.9 Å². The van der Waals surface area contributed by atoms with E-state index >= 15 is 0 Å². The quantitative estimate of drug-likeness (QED) is 0.658. The maximum Gasteiger partial charge on any atom is 0.331 e. The average molecular weight is 199 g/mol. The lowest BCUT2D eigenvalue weighted by molar-refractivity contribution is -0.148. The van der Waals surface area contributed by atoms with E-state index in [1.54, 1.807) is 0 Å². The third kappa shape index (κ3) is 2.07. The van der Waals surface area contributed by atoms with Gasteiger partial charge in [-0.25, -0.2) is 4.79 Å². The van der Waals surface area contributed by atoms with Gasteiger partial charge in [0.2, 0.25) is 0 Å². The van der Waals surface area contributed by atoms with Gasteiger partial charge in [0.25, 0.3) is 0 Å². The van der Waals surface area contributed by atoms with E-state index in [0.29, 0.717) is 0 Å². The van der Waals surface area contributed by atoms with Crippen molar-refractivity contribution in [2.75, 3.05) is 26.8 Å². The van der Waals surface area contributed by atoms with E-state index in [-0.39, 0.29) is 18.7 Å². The fourth-order valence-corrected chi connectivity index (χ4v) is 2.49. The number of carbonyl (C=O) groups excluding carboxylic acids is 1. The summed E-state index contributed by atoms with van der Waals surface area (Å²) in [5.74, 6) is 1.25. The Kier molecular flexibility index (Phi) is 3.03. The molecule has 4 nitrogen and oxygen atoms in total. The van der Waals surface area contributed by atoms with Gasteiger partial charge in [-0.05, 0) is 37.8 Å². The Balaban J connectivity index is 1.71. The zero-order chi connectivity index (χ0) is 9.97. The number of methoxy groups -OCH3 is 1. The van der Waals surface area contributed by atoms with Gasteiger partial charge < -0.3 is 14.8 Å². The van der Waals surface area contributed by atoms with E-state index in [1.807, 2.05) is 0 Å². The fraction of sp³-hybridized carbons (Fsp3) is 0.900. The molecule has 1 aliphatic heterocycles. The highest BCUT2D eigenvalue weighted by Crippen LogP contribution is 2.35. The summed E-state index contributed by atoms with van der Waals surface area (Å²) < 4.78 is 10.0. The zero-order valence-electron chi connectivity index (χ0n) is 8.49. The Morgan fingerprint density at radius 2 is 2.00 bits per heavy atom. The van der Waals surface area contributed by atoms with Crippen LogP contribution in [0, 0.1) is 11.8 Å². The van der Waals surface area contributed by atoms with Gasteiger partial charge >= 0.3 is 5.97 Å². The number of hydrogen-bond acceptors (Lipinski definition) is 4. The first-order valence-corrected chi connectivity index (χ1v) is 5.18. The normalized spacial score (nSPS) is 35.6. The van der Waals surface area contributed by atoms with Crippen LogP contribution < -0.4 is 5.32 Å².